The van der Waals surface area contributed by atoms with Crippen LogP contribution in [0.15, 0.2) is 24.3 Å². The average molecular weight is 281 g/mol. The molecular formula is C15H23NO2S. The van der Waals surface area contributed by atoms with Crippen molar-refractivity contribution < 1.29 is 8.42 Å². The lowest BCUT2D eigenvalue weighted by atomic mass is 9.88. The first-order chi connectivity index (χ1) is 8.88. The number of hydrogen-bond acceptors (Lipinski definition) is 2. The van der Waals surface area contributed by atoms with Crippen molar-refractivity contribution in [2.45, 2.75) is 38.5 Å². The number of benzene rings is 1. The van der Waals surface area contributed by atoms with Gasteiger partial charge in [-0.1, -0.05) is 38.1 Å². The smallest absolute Gasteiger partial charge is 0.211 e. The van der Waals surface area contributed by atoms with Crippen LogP contribution in [0.4, 0.5) is 0 Å². The second kappa shape index (κ2) is 5.63. The van der Waals surface area contributed by atoms with Crippen molar-refractivity contribution in [2.75, 3.05) is 19.3 Å². The monoisotopic (exact) mass is 281 g/mol. The molecule has 4 heteroatoms. The quantitative estimate of drug-likeness (QED) is 0.854. The normalized spacial score (nSPS) is 18.9. The highest BCUT2D eigenvalue weighted by Crippen LogP contribution is 2.30. The SMILES string of the molecule is CC(C)c1cccc(C2CCN(S(C)(=O)=O)CC2)c1. The molecule has 1 aromatic carbocycles. The van der Waals surface area contributed by atoms with E-state index in [2.05, 4.69) is 38.1 Å². The van der Waals surface area contributed by atoms with Crippen molar-refractivity contribution in [3.05, 3.63) is 35.4 Å². The molecule has 1 aliphatic rings. The van der Waals surface area contributed by atoms with Crippen LogP contribution in [0.2, 0.25) is 0 Å². The Balaban J connectivity index is 2.07. The summed E-state index contributed by atoms with van der Waals surface area (Å²) in [7, 11) is -3.02. The fraction of sp³-hybridized carbons (Fsp3) is 0.600. The van der Waals surface area contributed by atoms with Gasteiger partial charge in [-0.25, -0.2) is 12.7 Å². The van der Waals surface area contributed by atoms with Gasteiger partial charge in [-0.15, -0.1) is 0 Å². The summed E-state index contributed by atoms with van der Waals surface area (Å²) in [5.41, 5.74) is 2.72. The molecule has 0 N–H and O–H groups in total. The van der Waals surface area contributed by atoms with E-state index in [4.69, 9.17) is 0 Å². The largest absolute Gasteiger partial charge is 0.213 e. The van der Waals surface area contributed by atoms with E-state index in [1.54, 1.807) is 4.31 Å². The van der Waals surface area contributed by atoms with Crippen molar-refractivity contribution in [1.82, 2.24) is 4.31 Å². The first-order valence-corrected chi connectivity index (χ1v) is 8.77. The lowest BCUT2D eigenvalue weighted by Gasteiger charge is -2.30. The lowest BCUT2D eigenvalue weighted by molar-refractivity contribution is 0.321. The second-order valence-corrected chi connectivity index (χ2v) is 7.74. The van der Waals surface area contributed by atoms with Crippen LogP contribution >= 0.6 is 0 Å². The minimum Gasteiger partial charge on any atom is -0.213 e. The van der Waals surface area contributed by atoms with Gasteiger partial charge in [-0.2, -0.15) is 0 Å². The number of rotatable bonds is 3. The number of nitrogens with zero attached hydrogens (tertiary/aromatic N) is 1. The Labute approximate surface area is 116 Å². The van der Waals surface area contributed by atoms with Gasteiger partial charge in [0.15, 0.2) is 0 Å². The van der Waals surface area contributed by atoms with Gasteiger partial charge in [0.1, 0.15) is 0 Å². The third-order valence-corrected chi connectivity index (χ3v) is 5.27. The predicted molar refractivity (Wildman–Crippen MR) is 78.9 cm³/mol. The van der Waals surface area contributed by atoms with Crippen molar-refractivity contribution in [3.8, 4) is 0 Å². The van der Waals surface area contributed by atoms with Gasteiger partial charge < -0.3 is 0 Å². The zero-order valence-electron chi connectivity index (χ0n) is 12.0. The first-order valence-electron chi connectivity index (χ1n) is 6.93. The molecule has 1 aromatic rings. The maximum absolute atomic E-state index is 11.5. The molecule has 19 heavy (non-hydrogen) atoms. The van der Waals surface area contributed by atoms with Gasteiger partial charge in [0.25, 0.3) is 0 Å². The average Bonchev–Trinajstić information content (AvgIpc) is 2.38. The Morgan fingerprint density at radius 2 is 1.84 bits per heavy atom. The molecule has 0 spiro atoms. The summed E-state index contributed by atoms with van der Waals surface area (Å²) in [5.74, 6) is 1.03. The summed E-state index contributed by atoms with van der Waals surface area (Å²) in [6.07, 6.45) is 3.15. The molecule has 0 amide bonds. The Bertz CT molecular complexity index is 529. The zero-order valence-corrected chi connectivity index (χ0v) is 12.8. The van der Waals surface area contributed by atoms with E-state index in [0.717, 1.165) is 12.8 Å². The van der Waals surface area contributed by atoms with E-state index in [1.807, 2.05) is 0 Å². The highest BCUT2D eigenvalue weighted by molar-refractivity contribution is 7.88. The summed E-state index contributed by atoms with van der Waals surface area (Å²) < 4.78 is 24.6. The van der Waals surface area contributed by atoms with Crippen LogP contribution in [0.25, 0.3) is 0 Å². The molecule has 0 aliphatic carbocycles. The van der Waals surface area contributed by atoms with Gasteiger partial charge in [0.05, 0.1) is 6.26 Å². The van der Waals surface area contributed by atoms with E-state index in [-0.39, 0.29) is 0 Å². The third-order valence-electron chi connectivity index (χ3n) is 3.97. The molecule has 0 aromatic heterocycles. The van der Waals surface area contributed by atoms with Crippen molar-refractivity contribution in [3.63, 3.8) is 0 Å². The summed E-state index contributed by atoms with van der Waals surface area (Å²) in [6.45, 7) is 5.70. The number of hydrogen-bond donors (Lipinski definition) is 0. The fourth-order valence-corrected chi connectivity index (χ4v) is 3.57. The molecule has 0 radical (unpaired) electrons. The van der Waals surface area contributed by atoms with Crippen LogP contribution in [0.3, 0.4) is 0 Å². The molecular weight excluding hydrogens is 258 g/mol. The maximum atomic E-state index is 11.5. The van der Waals surface area contributed by atoms with Gasteiger partial charge >= 0.3 is 0 Å². The van der Waals surface area contributed by atoms with Crippen LogP contribution in [-0.4, -0.2) is 32.1 Å². The standard InChI is InChI=1S/C15H23NO2S/c1-12(2)14-5-4-6-15(11-14)13-7-9-16(10-8-13)19(3,17)18/h4-6,11-13H,7-10H2,1-3H3. The molecule has 0 atom stereocenters. The van der Waals surface area contributed by atoms with Crippen LogP contribution in [0, 0.1) is 0 Å². The fourth-order valence-electron chi connectivity index (χ4n) is 2.69. The van der Waals surface area contributed by atoms with Crippen LogP contribution < -0.4 is 0 Å². The topological polar surface area (TPSA) is 37.4 Å². The third kappa shape index (κ3) is 3.57. The Morgan fingerprint density at radius 3 is 2.37 bits per heavy atom. The highest BCUT2D eigenvalue weighted by Gasteiger charge is 2.25. The first kappa shape index (κ1) is 14.5. The van der Waals surface area contributed by atoms with E-state index in [1.165, 1.54) is 17.4 Å². The summed E-state index contributed by atoms with van der Waals surface area (Å²) >= 11 is 0. The summed E-state index contributed by atoms with van der Waals surface area (Å²) in [5, 5.41) is 0. The van der Waals surface area contributed by atoms with E-state index in [0.29, 0.717) is 24.9 Å². The molecule has 2 rings (SSSR count). The van der Waals surface area contributed by atoms with Crippen LogP contribution in [0.5, 0.6) is 0 Å². The minimum absolute atomic E-state index is 0.497. The van der Waals surface area contributed by atoms with Gasteiger partial charge in [-0.05, 0) is 35.8 Å². The molecule has 3 nitrogen and oxygen atoms in total. The lowest BCUT2D eigenvalue weighted by Crippen LogP contribution is -2.37. The van der Waals surface area contributed by atoms with E-state index >= 15 is 0 Å². The molecule has 106 valence electrons. The Hall–Kier alpha value is -0.870. The van der Waals surface area contributed by atoms with Gasteiger partial charge in [0.2, 0.25) is 10.0 Å². The predicted octanol–water partition coefficient (Wildman–Crippen LogP) is 2.95. The Morgan fingerprint density at radius 1 is 1.21 bits per heavy atom. The van der Waals surface area contributed by atoms with Crippen molar-refractivity contribution >= 4 is 10.0 Å². The highest BCUT2D eigenvalue weighted by atomic mass is 32.2. The minimum atomic E-state index is -3.02. The van der Waals surface area contributed by atoms with Crippen molar-refractivity contribution in [1.29, 1.82) is 0 Å². The van der Waals surface area contributed by atoms with Crippen LogP contribution in [0.1, 0.15) is 49.7 Å². The summed E-state index contributed by atoms with van der Waals surface area (Å²) in [6, 6.07) is 8.74. The second-order valence-electron chi connectivity index (χ2n) is 5.76. The Kier molecular flexibility index (Phi) is 4.31. The summed E-state index contributed by atoms with van der Waals surface area (Å²) in [4.78, 5) is 0. The maximum Gasteiger partial charge on any atom is 0.211 e. The molecule has 0 bridgehead atoms. The molecule has 0 saturated carbocycles. The number of piperidine rings is 1. The molecule has 1 aliphatic heterocycles. The molecule has 1 heterocycles. The van der Waals surface area contributed by atoms with Crippen molar-refractivity contribution in [2.24, 2.45) is 0 Å². The van der Waals surface area contributed by atoms with Gasteiger partial charge in [-0.3, -0.25) is 0 Å². The van der Waals surface area contributed by atoms with Crippen LogP contribution in [-0.2, 0) is 10.0 Å². The number of sulfonamides is 1. The van der Waals surface area contributed by atoms with Gasteiger partial charge in [0, 0.05) is 13.1 Å². The molecule has 1 saturated heterocycles. The molecule has 0 unspecified atom stereocenters. The van der Waals surface area contributed by atoms with E-state index in [9.17, 15) is 8.42 Å². The molecule has 1 fully saturated rings. The zero-order chi connectivity index (χ0) is 14.0. The van der Waals surface area contributed by atoms with E-state index < -0.39 is 10.0 Å².